The van der Waals surface area contributed by atoms with Gasteiger partial charge in [0.25, 0.3) is 5.91 Å². The van der Waals surface area contributed by atoms with Gasteiger partial charge in [0, 0.05) is 6.54 Å². The fourth-order valence-corrected chi connectivity index (χ4v) is 0.837. The van der Waals surface area contributed by atoms with Gasteiger partial charge in [-0.15, -0.1) is 0 Å². The molecule has 1 amide bonds. The highest BCUT2D eigenvalue weighted by atomic mass is 16.1. The molecule has 1 rings (SSSR count). The normalized spacial score (nSPS) is 9.91. The number of primary amides is 1. The minimum Gasteiger partial charge on any atom is -0.383 e. The van der Waals surface area contributed by atoms with Crippen LogP contribution >= 0.6 is 0 Å². The van der Waals surface area contributed by atoms with Gasteiger partial charge in [-0.05, 0) is 6.92 Å². The van der Waals surface area contributed by atoms with Crippen LogP contribution in [-0.2, 0) is 6.54 Å². The Morgan fingerprint density at radius 3 is 2.73 bits per heavy atom. The highest BCUT2D eigenvalue weighted by molar-refractivity contribution is 5.96. The van der Waals surface area contributed by atoms with Gasteiger partial charge in [-0.3, -0.25) is 4.79 Å². The number of aromatic nitrogens is 2. The molecule has 0 saturated carbocycles. The maximum absolute atomic E-state index is 10.6. The summed E-state index contributed by atoms with van der Waals surface area (Å²) < 4.78 is 1.51. The summed E-state index contributed by atoms with van der Waals surface area (Å²) in [5.41, 5.74) is 10.8. The van der Waals surface area contributed by atoms with Crippen molar-refractivity contribution >= 4 is 11.7 Å². The lowest BCUT2D eigenvalue weighted by atomic mass is 10.3. The molecule has 0 bridgehead atoms. The van der Waals surface area contributed by atoms with Crippen LogP contribution in [0.2, 0.25) is 0 Å². The first-order valence-corrected chi connectivity index (χ1v) is 3.28. The fourth-order valence-electron chi connectivity index (χ4n) is 0.837. The SMILES string of the molecule is CCn1ncc(C(N)=O)c1N. The van der Waals surface area contributed by atoms with Crippen molar-refractivity contribution in [3.63, 3.8) is 0 Å². The number of aryl methyl sites for hydroxylation is 1. The van der Waals surface area contributed by atoms with Crippen LogP contribution in [0.5, 0.6) is 0 Å². The number of rotatable bonds is 2. The second kappa shape index (κ2) is 2.61. The monoisotopic (exact) mass is 154 g/mol. The van der Waals surface area contributed by atoms with Gasteiger partial charge in [-0.1, -0.05) is 0 Å². The van der Waals surface area contributed by atoms with Crippen molar-refractivity contribution in [2.45, 2.75) is 13.5 Å². The summed E-state index contributed by atoms with van der Waals surface area (Å²) in [6, 6.07) is 0. The van der Waals surface area contributed by atoms with Crippen LogP contribution in [0.15, 0.2) is 6.20 Å². The standard InChI is InChI=1S/C6H10N4O/c1-2-10-5(7)4(3-9-10)6(8)11/h3H,2,7H2,1H3,(H2,8,11). The molecule has 0 aromatic carbocycles. The molecule has 1 aromatic heterocycles. The molecule has 60 valence electrons. The van der Waals surface area contributed by atoms with Gasteiger partial charge in [0.1, 0.15) is 11.4 Å². The van der Waals surface area contributed by atoms with Crippen LogP contribution < -0.4 is 11.5 Å². The summed E-state index contributed by atoms with van der Waals surface area (Å²) in [5, 5.41) is 3.85. The van der Waals surface area contributed by atoms with Crippen LogP contribution in [0.3, 0.4) is 0 Å². The number of anilines is 1. The van der Waals surface area contributed by atoms with E-state index in [-0.39, 0.29) is 5.56 Å². The van der Waals surface area contributed by atoms with Gasteiger partial charge in [0.05, 0.1) is 6.20 Å². The first-order chi connectivity index (χ1) is 5.16. The number of carbonyl (C=O) groups excluding carboxylic acids is 1. The van der Waals surface area contributed by atoms with Crippen LogP contribution in [0, 0.1) is 0 Å². The zero-order valence-electron chi connectivity index (χ0n) is 6.24. The van der Waals surface area contributed by atoms with E-state index in [0.29, 0.717) is 12.4 Å². The average Bonchev–Trinajstić information content (AvgIpc) is 2.30. The molecule has 0 spiro atoms. The molecule has 5 heteroatoms. The summed E-state index contributed by atoms with van der Waals surface area (Å²) in [5.74, 6) is -0.206. The van der Waals surface area contributed by atoms with Gasteiger partial charge in [0.2, 0.25) is 0 Å². The maximum atomic E-state index is 10.6. The average molecular weight is 154 g/mol. The highest BCUT2D eigenvalue weighted by Crippen LogP contribution is 2.08. The Balaban J connectivity index is 3.10. The smallest absolute Gasteiger partial charge is 0.254 e. The van der Waals surface area contributed by atoms with Crippen LogP contribution in [0.4, 0.5) is 5.82 Å². The molecule has 0 fully saturated rings. The van der Waals surface area contributed by atoms with E-state index in [2.05, 4.69) is 5.10 Å². The van der Waals surface area contributed by atoms with Crippen molar-refractivity contribution in [3.8, 4) is 0 Å². The zero-order chi connectivity index (χ0) is 8.43. The number of amides is 1. The third kappa shape index (κ3) is 1.17. The minimum absolute atomic E-state index is 0.284. The van der Waals surface area contributed by atoms with Gasteiger partial charge >= 0.3 is 0 Å². The van der Waals surface area contributed by atoms with Crippen molar-refractivity contribution in [2.75, 3.05) is 5.73 Å². The largest absolute Gasteiger partial charge is 0.383 e. The molecule has 0 unspecified atom stereocenters. The molecule has 0 atom stereocenters. The molecule has 0 aliphatic heterocycles. The topological polar surface area (TPSA) is 86.9 Å². The maximum Gasteiger partial charge on any atom is 0.254 e. The number of nitrogens with zero attached hydrogens (tertiary/aromatic N) is 2. The molecule has 0 radical (unpaired) electrons. The Kier molecular flexibility index (Phi) is 1.80. The molecular formula is C6H10N4O. The Labute approximate surface area is 64.0 Å². The molecule has 11 heavy (non-hydrogen) atoms. The third-order valence-electron chi connectivity index (χ3n) is 1.45. The van der Waals surface area contributed by atoms with Gasteiger partial charge in [-0.25, -0.2) is 4.68 Å². The van der Waals surface area contributed by atoms with Crippen molar-refractivity contribution < 1.29 is 4.79 Å². The second-order valence-electron chi connectivity index (χ2n) is 2.12. The lowest BCUT2D eigenvalue weighted by Crippen LogP contribution is -2.13. The van der Waals surface area contributed by atoms with E-state index >= 15 is 0 Å². The van der Waals surface area contributed by atoms with Crippen LogP contribution in [0.1, 0.15) is 17.3 Å². The molecule has 1 heterocycles. The number of nitrogen functional groups attached to an aromatic ring is 1. The Bertz CT molecular complexity index is 278. The highest BCUT2D eigenvalue weighted by Gasteiger charge is 2.09. The van der Waals surface area contributed by atoms with Crippen molar-refractivity contribution in [3.05, 3.63) is 11.8 Å². The summed E-state index contributed by atoms with van der Waals surface area (Å²) in [7, 11) is 0. The summed E-state index contributed by atoms with van der Waals surface area (Å²) in [6.07, 6.45) is 1.38. The van der Waals surface area contributed by atoms with E-state index in [9.17, 15) is 4.79 Å². The molecule has 4 N–H and O–H groups in total. The predicted molar refractivity (Wildman–Crippen MR) is 40.8 cm³/mol. The quantitative estimate of drug-likeness (QED) is 0.606. The fraction of sp³-hybridized carbons (Fsp3) is 0.333. The summed E-state index contributed by atoms with van der Waals surface area (Å²) >= 11 is 0. The Hall–Kier alpha value is -1.52. The van der Waals surface area contributed by atoms with Crippen LogP contribution in [0.25, 0.3) is 0 Å². The molecule has 0 aliphatic carbocycles. The van der Waals surface area contributed by atoms with Gasteiger partial charge in [0.15, 0.2) is 0 Å². The Morgan fingerprint density at radius 2 is 2.45 bits per heavy atom. The van der Waals surface area contributed by atoms with Crippen molar-refractivity contribution in [2.24, 2.45) is 5.73 Å². The summed E-state index contributed by atoms with van der Waals surface area (Å²) in [4.78, 5) is 10.6. The van der Waals surface area contributed by atoms with E-state index in [1.807, 2.05) is 6.92 Å². The third-order valence-corrected chi connectivity index (χ3v) is 1.45. The van der Waals surface area contributed by atoms with Crippen molar-refractivity contribution in [1.29, 1.82) is 0 Å². The number of carbonyl (C=O) groups is 1. The van der Waals surface area contributed by atoms with E-state index in [0.717, 1.165) is 0 Å². The van der Waals surface area contributed by atoms with E-state index < -0.39 is 5.91 Å². The molecule has 0 saturated heterocycles. The minimum atomic E-state index is -0.540. The predicted octanol–water partition coefficient (Wildman–Crippen LogP) is -0.416. The first-order valence-electron chi connectivity index (χ1n) is 3.28. The van der Waals surface area contributed by atoms with E-state index in [1.165, 1.54) is 10.9 Å². The lowest BCUT2D eigenvalue weighted by molar-refractivity contribution is 0.100. The number of hydrogen-bond acceptors (Lipinski definition) is 3. The lowest BCUT2D eigenvalue weighted by Gasteiger charge is -1.97. The second-order valence-corrected chi connectivity index (χ2v) is 2.12. The first kappa shape index (κ1) is 7.59. The van der Waals surface area contributed by atoms with Gasteiger partial charge in [-0.2, -0.15) is 5.10 Å². The molecule has 1 aromatic rings. The van der Waals surface area contributed by atoms with Crippen molar-refractivity contribution in [1.82, 2.24) is 9.78 Å². The molecular weight excluding hydrogens is 144 g/mol. The molecule has 0 aliphatic rings. The van der Waals surface area contributed by atoms with E-state index in [4.69, 9.17) is 11.5 Å². The Morgan fingerprint density at radius 1 is 1.82 bits per heavy atom. The zero-order valence-corrected chi connectivity index (χ0v) is 6.24. The molecule has 5 nitrogen and oxygen atoms in total. The number of nitrogens with two attached hydrogens (primary N) is 2. The van der Waals surface area contributed by atoms with Gasteiger partial charge < -0.3 is 11.5 Å². The summed E-state index contributed by atoms with van der Waals surface area (Å²) in [6.45, 7) is 2.52. The van der Waals surface area contributed by atoms with Crippen LogP contribution in [-0.4, -0.2) is 15.7 Å². The number of hydrogen-bond donors (Lipinski definition) is 2. The van der Waals surface area contributed by atoms with E-state index in [1.54, 1.807) is 0 Å².